The Hall–Kier alpha value is -0.900. The number of aromatic nitrogens is 1. The van der Waals surface area contributed by atoms with E-state index in [4.69, 9.17) is 11.6 Å². The molecule has 0 saturated heterocycles. The quantitative estimate of drug-likeness (QED) is 0.837. The molecule has 1 heterocycles. The van der Waals surface area contributed by atoms with Gasteiger partial charge in [-0.2, -0.15) is 0 Å². The fourth-order valence-corrected chi connectivity index (χ4v) is 3.20. The van der Waals surface area contributed by atoms with E-state index in [-0.39, 0.29) is 0 Å². The van der Waals surface area contributed by atoms with Gasteiger partial charge in [0.25, 0.3) is 0 Å². The van der Waals surface area contributed by atoms with Crippen LogP contribution in [0.15, 0.2) is 23.6 Å². The van der Waals surface area contributed by atoms with Crippen molar-refractivity contribution in [2.45, 2.75) is 39.7 Å². The zero-order valence-electron chi connectivity index (χ0n) is 12.2. The van der Waals surface area contributed by atoms with Gasteiger partial charge in [-0.05, 0) is 50.1 Å². The molecule has 1 unspecified atom stereocenters. The van der Waals surface area contributed by atoms with E-state index in [1.54, 1.807) is 11.3 Å². The van der Waals surface area contributed by atoms with Crippen LogP contribution in [0.4, 0.5) is 0 Å². The number of hydrogen-bond donors (Lipinski definition) is 1. The number of nitrogens with zero attached hydrogens (tertiary/aromatic N) is 1. The molecule has 1 aromatic carbocycles. The summed E-state index contributed by atoms with van der Waals surface area (Å²) >= 11 is 7.77. The average Bonchev–Trinajstić information content (AvgIpc) is 2.80. The molecule has 1 N–H and O–H groups in total. The molecule has 0 saturated carbocycles. The molecule has 108 valence electrons. The predicted octanol–water partition coefficient (Wildman–Crippen LogP) is 4.70. The van der Waals surface area contributed by atoms with Gasteiger partial charge in [-0.25, -0.2) is 4.98 Å². The first-order valence-corrected chi connectivity index (χ1v) is 8.26. The van der Waals surface area contributed by atoms with Gasteiger partial charge in [0.15, 0.2) is 0 Å². The van der Waals surface area contributed by atoms with Crippen molar-refractivity contribution in [2.75, 3.05) is 6.54 Å². The standard InChI is InChI=1S/C16H21ClN2S/c1-4-7-18-16(9-14-10-20-12(3)19-14)15-6-5-13(17)8-11(15)2/h5-6,8,10,16,18H,4,7,9H2,1-3H3. The van der Waals surface area contributed by atoms with Crippen molar-refractivity contribution >= 4 is 22.9 Å². The maximum Gasteiger partial charge on any atom is 0.0897 e. The molecule has 20 heavy (non-hydrogen) atoms. The molecule has 0 amide bonds. The van der Waals surface area contributed by atoms with Crippen molar-refractivity contribution in [3.05, 3.63) is 50.4 Å². The number of rotatable bonds is 6. The second-order valence-electron chi connectivity index (χ2n) is 5.07. The molecule has 0 spiro atoms. The van der Waals surface area contributed by atoms with Gasteiger partial charge in [0.1, 0.15) is 0 Å². The third-order valence-corrected chi connectivity index (χ3v) is 4.39. The normalized spacial score (nSPS) is 12.6. The zero-order valence-corrected chi connectivity index (χ0v) is 13.8. The maximum atomic E-state index is 6.06. The average molecular weight is 309 g/mol. The van der Waals surface area contributed by atoms with E-state index in [1.165, 1.54) is 11.1 Å². The van der Waals surface area contributed by atoms with Crippen LogP contribution in [0.2, 0.25) is 5.02 Å². The number of benzene rings is 1. The van der Waals surface area contributed by atoms with E-state index in [0.717, 1.165) is 35.1 Å². The smallest absolute Gasteiger partial charge is 0.0897 e. The highest BCUT2D eigenvalue weighted by atomic mass is 35.5. The van der Waals surface area contributed by atoms with E-state index in [1.807, 2.05) is 12.1 Å². The van der Waals surface area contributed by atoms with E-state index in [0.29, 0.717) is 6.04 Å². The van der Waals surface area contributed by atoms with Crippen LogP contribution in [0.1, 0.15) is 41.2 Å². The zero-order chi connectivity index (χ0) is 14.5. The van der Waals surface area contributed by atoms with Crippen LogP contribution in [0.3, 0.4) is 0 Å². The third kappa shape index (κ3) is 4.05. The topological polar surface area (TPSA) is 24.9 Å². The van der Waals surface area contributed by atoms with Crippen LogP contribution in [-0.4, -0.2) is 11.5 Å². The number of hydrogen-bond acceptors (Lipinski definition) is 3. The fraction of sp³-hybridized carbons (Fsp3) is 0.438. The maximum absolute atomic E-state index is 6.06. The van der Waals surface area contributed by atoms with Crippen molar-refractivity contribution < 1.29 is 0 Å². The third-order valence-electron chi connectivity index (χ3n) is 3.33. The fourth-order valence-electron chi connectivity index (χ4n) is 2.35. The summed E-state index contributed by atoms with van der Waals surface area (Å²) in [5, 5.41) is 7.70. The first kappa shape index (κ1) is 15.5. The van der Waals surface area contributed by atoms with Gasteiger partial charge in [0.05, 0.1) is 10.7 Å². The first-order chi connectivity index (χ1) is 9.60. The summed E-state index contributed by atoms with van der Waals surface area (Å²) in [6.45, 7) is 7.37. The van der Waals surface area contributed by atoms with E-state index >= 15 is 0 Å². The predicted molar refractivity (Wildman–Crippen MR) is 87.8 cm³/mol. The minimum absolute atomic E-state index is 0.300. The summed E-state index contributed by atoms with van der Waals surface area (Å²) in [5.41, 5.74) is 3.71. The molecule has 2 rings (SSSR count). The van der Waals surface area contributed by atoms with Gasteiger partial charge in [-0.1, -0.05) is 24.6 Å². The highest BCUT2D eigenvalue weighted by molar-refractivity contribution is 7.09. The Balaban J connectivity index is 2.22. The van der Waals surface area contributed by atoms with Crippen LogP contribution < -0.4 is 5.32 Å². The molecule has 1 atom stereocenters. The molecule has 0 fully saturated rings. The second-order valence-corrected chi connectivity index (χ2v) is 6.57. The molecule has 4 heteroatoms. The molecule has 0 bridgehead atoms. The Kier molecular flexibility index (Phi) is 5.58. The minimum atomic E-state index is 0.300. The Labute approximate surface area is 130 Å². The van der Waals surface area contributed by atoms with Gasteiger partial charge in [0, 0.05) is 22.9 Å². The van der Waals surface area contributed by atoms with Gasteiger partial charge in [-0.15, -0.1) is 11.3 Å². The summed E-state index contributed by atoms with van der Waals surface area (Å²) in [6, 6.07) is 6.43. The van der Waals surface area contributed by atoms with Gasteiger partial charge < -0.3 is 5.32 Å². The van der Waals surface area contributed by atoms with Gasteiger partial charge >= 0.3 is 0 Å². The minimum Gasteiger partial charge on any atom is -0.310 e. The van der Waals surface area contributed by atoms with Gasteiger partial charge in [-0.3, -0.25) is 0 Å². The summed E-state index contributed by atoms with van der Waals surface area (Å²) in [5.74, 6) is 0. The summed E-state index contributed by atoms with van der Waals surface area (Å²) < 4.78 is 0. The van der Waals surface area contributed by atoms with Crippen molar-refractivity contribution in [1.82, 2.24) is 10.3 Å². The van der Waals surface area contributed by atoms with Crippen LogP contribution in [0.25, 0.3) is 0 Å². The largest absolute Gasteiger partial charge is 0.310 e. The van der Waals surface area contributed by atoms with Crippen LogP contribution in [0.5, 0.6) is 0 Å². The van der Waals surface area contributed by atoms with Gasteiger partial charge in [0.2, 0.25) is 0 Å². The Bertz CT molecular complexity index is 565. The number of thiazole rings is 1. The molecule has 2 aromatic rings. The van der Waals surface area contributed by atoms with Crippen molar-refractivity contribution in [2.24, 2.45) is 0 Å². The van der Waals surface area contributed by atoms with E-state index in [2.05, 4.69) is 42.5 Å². The number of nitrogens with one attached hydrogen (secondary N) is 1. The highest BCUT2D eigenvalue weighted by Gasteiger charge is 2.15. The van der Waals surface area contributed by atoms with E-state index in [9.17, 15) is 0 Å². The Morgan fingerprint density at radius 2 is 2.15 bits per heavy atom. The molecular formula is C16H21ClN2S. The van der Waals surface area contributed by atoms with Crippen molar-refractivity contribution in [3.8, 4) is 0 Å². The lowest BCUT2D eigenvalue weighted by atomic mass is 9.97. The lowest BCUT2D eigenvalue weighted by molar-refractivity contribution is 0.523. The molecule has 0 radical (unpaired) electrons. The lowest BCUT2D eigenvalue weighted by Gasteiger charge is -2.20. The van der Waals surface area contributed by atoms with Crippen molar-refractivity contribution in [3.63, 3.8) is 0 Å². The number of aryl methyl sites for hydroxylation is 2. The van der Waals surface area contributed by atoms with Crippen molar-refractivity contribution in [1.29, 1.82) is 0 Å². The van der Waals surface area contributed by atoms with Crippen LogP contribution in [-0.2, 0) is 6.42 Å². The monoisotopic (exact) mass is 308 g/mol. The molecule has 0 aliphatic rings. The second kappa shape index (κ2) is 7.21. The lowest BCUT2D eigenvalue weighted by Crippen LogP contribution is -2.25. The van der Waals surface area contributed by atoms with Crippen LogP contribution >= 0.6 is 22.9 Å². The molecule has 0 aliphatic carbocycles. The number of halogens is 1. The Morgan fingerprint density at radius 3 is 2.75 bits per heavy atom. The SMILES string of the molecule is CCCNC(Cc1csc(C)n1)c1ccc(Cl)cc1C. The van der Waals surface area contributed by atoms with E-state index < -0.39 is 0 Å². The highest BCUT2D eigenvalue weighted by Crippen LogP contribution is 2.25. The Morgan fingerprint density at radius 1 is 1.35 bits per heavy atom. The summed E-state index contributed by atoms with van der Waals surface area (Å²) in [7, 11) is 0. The summed E-state index contributed by atoms with van der Waals surface area (Å²) in [6.07, 6.45) is 2.05. The summed E-state index contributed by atoms with van der Waals surface area (Å²) in [4.78, 5) is 4.58. The van der Waals surface area contributed by atoms with Crippen LogP contribution in [0, 0.1) is 13.8 Å². The molecule has 0 aliphatic heterocycles. The molecular weight excluding hydrogens is 288 g/mol. The molecule has 2 nitrogen and oxygen atoms in total. The molecule has 1 aromatic heterocycles. The first-order valence-electron chi connectivity index (χ1n) is 7.00.